The standard InChI is InChI=1S/C34H32F4N4O7S/c1-3-48-27-18-21(10-12-26(27)35)29(42(39)23-11-9-22-19-40-15-13-20(22)17-23)31(43)41-16-14-25(32(44)49-33(45)34(36,37)38)30(41)24-7-5-6-8-28(24)50(46,47)4-2/h5-13,15,17-19,25,29-30H,3-4,14,16,39H2,1-2H3/t25?,29-,30?/m1/s1. The van der Waals surface area contributed by atoms with E-state index in [9.17, 15) is 40.4 Å². The van der Waals surface area contributed by atoms with Crippen molar-refractivity contribution in [3.8, 4) is 5.75 Å². The van der Waals surface area contributed by atoms with E-state index in [-0.39, 0.29) is 47.1 Å². The second-order valence-corrected chi connectivity index (χ2v) is 13.6. The zero-order chi connectivity index (χ0) is 36.4. The van der Waals surface area contributed by atoms with Crippen LogP contribution in [0, 0.1) is 11.7 Å². The van der Waals surface area contributed by atoms with Gasteiger partial charge in [0.05, 0.1) is 34.9 Å². The second-order valence-electron chi connectivity index (χ2n) is 11.4. The molecule has 2 unspecified atom stereocenters. The molecule has 5 rings (SSSR count). The van der Waals surface area contributed by atoms with Gasteiger partial charge in [0.25, 0.3) is 5.91 Å². The van der Waals surface area contributed by atoms with Gasteiger partial charge in [-0.1, -0.05) is 37.3 Å². The molecule has 0 spiro atoms. The number of carbonyl (C=O) groups is 3. The number of sulfone groups is 1. The zero-order valence-electron chi connectivity index (χ0n) is 26.8. The van der Waals surface area contributed by atoms with Crippen molar-refractivity contribution >= 4 is 44.1 Å². The maximum atomic E-state index is 14.9. The fourth-order valence-electron chi connectivity index (χ4n) is 5.98. The van der Waals surface area contributed by atoms with Crippen LogP contribution in [0.3, 0.4) is 0 Å². The van der Waals surface area contributed by atoms with Crippen LogP contribution in [0.25, 0.3) is 10.8 Å². The summed E-state index contributed by atoms with van der Waals surface area (Å²) in [5, 5.41) is 2.58. The molecule has 1 saturated heterocycles. The number of hydrazine groups is 1. The first-order valence-electron chi connectivity index (χ1n) is 15.4. The molecule has 3 atom stereocenters. The minimum Gasteiger partial charge on any atom is -0.491 e. The fraction of sp³-hybridized carbons (Fsp3) is 0.294. The lowest BCUT2D eigenvalue weighted by atomic mass is 9.93. The van der Waals surface area contributed by atoms with Gasteiger partial charge in [0.1, 0.15) is 6.04 Å². The molecule has 264 valence electrons. The molecule has 0 bridgehead atoms. The Hall–Kier alpha value is -5.09. The minimum absolute atomic E-state index is 0.0729. The lowest BCUT2D eigenvalue weighted by molar-refractivity contribution is -0.203. The summed E-state index contributed by atoms with van der Waals surface area (Å²) in [6, 6.07) is 12.8. The highest BCUT2D eigenvalue weighted by molar-refractivity contribution is 7.91. The Kier molecular flexibility index (Phi) is 10.4. The topological polar surface area (TPSA) is 149 Å². The fourth-order valence-corrected chi connectivity index (χ4v) is 7.12. The molecule has 1 amide bonds. The van der Waals surface area contributed by atoms with Crippen LogP contribution in [0.2, 0.25) is 0 Å². The summed E-state index contributed by atoms with van der Waals surface area (Å²) in [7, 11) is -4.02. The molecule has 16 heteroatoms. The third-order valence-electron chi connectivity index (χ3n) is 8.37. The Morgan fingerprint density at radius 1 is 1.04 bits per heavy atom. The summed E-state index contributed by atoms with van der Waals surface area (Å²) in [6.07, 6.45) is -2.61. The van der Waals surface area contributed by atoms with Crippen LogP contribution < -0.4 is 15.6 Å². The molecule has 2 N–H and O–H groups in total. The number of hydrogen-bond acceptors (Lipinski definition) is 10. The van der Waals surface area contributed by atoms with E-state index >= 15 is 0 Å². The molecule has 1 aliphatic rings. The van der Waals surface area contributed by atoms with E-state index in [2.05, 4.69) is 9.72 Å². The number of nitrogens with two attached hydrogens (primary N) is 1. The molecule has 50 heavy (non-hydrogen) atoms. The SMILES string of the molecule is CCOc1cc([C@H](C(=O)N2CCC(C(=O)OC(=O)C(F)(F)F)C2c2ccccc2S(=O)(=O)CC)N(N)c2ccc3cnccc3c2)ccc1F. The van der Waals surface area contributed by atoms with Gasteiger partial charge in [-0.15, -0.1) is 0 Å². The highest BCUT2D eigenvalue weighted by Gasteiger charge is 2.50. The first kappa shape index (κ1) is 36.2. The van der Waals surface area contributed by atoms with Crippen molar-refractivity contribution in [3.05, 3.63) is 96.1 Å². The number of carbonyl (C=O) groups excluding carboxylic acids is 3. The lowest BCUT2D eigenvalue weighted by Gasteiger charge is -2.36. The van der Waals surface area contributed by atoms with Gasteiger partial charge >= 0.3 is 18.1 Å². The number of hydrogen-bond donors (Lipinski definition) is 1. The van der Waals surface area contributed by atoms with Gasteiger partial charge in [-0.05, 0) is 66.3 Å². The normalized spacial score (nSPS) is 17.0. The third kappa shape index (κ3) is 7.26. The molecule has 1 fully saturated rings. The quantitative estimate of drug-likeness (QED) is 0.0763. The van der Waals surface area contributed by atoms with E-state index in [1.807, 2.05) is 0 Å². The Morgan fingerprint density at radius 2 is 1.78 bits per heavy atom. The average molecular weight is 717 g/mol. The summed E-state index contributed by atoms with van der Waals surface area (Å²) >= 11 is 0. The van der Waals surface area contributed by atoms with Gasteiger partial charge in [-0.3, -0.25) is 19.6 Å². The predicted octanol–water partition coefficient (Wildman–Crippen LogP) is 5.21. The van der Waals surface area contributed by atoms with E-state index < -0.39 is 57.7 Å². The number of esters is 2. The number of amides is 1. The summed E-state index contributed by atoms with van der Waals surface area (Å²) in [5.41, 5.74) is 0.390. The number of ether oxygens (including phenoxy) is 2. The summed E-state index contributed by atoms with van der Waals surface area (Å²) in [5.74, 6) is -1.37. The van der Waals surface area contributed by atoms with Gasteiger partial charge < -0.3 is 14.4 Å². The predicted molar refractivity (Wildman–Crippen MR) is 173 cm³/mol. The molecule has 0 aliphatic carbocycles. The highest BCUT2D eigenvalue weighted by atomic mass is 32.2. The van der Waals surface area contributed by atoms with Crippen LogP contribution in [0.15, 0.2) is 84.0 Å². The number of likely N-dealkylation sites (tertiary alicyclic amines) is 1. The van der Waals surface area contributed by atoms with E-state index in [0.29, 0.717) is 11.1 Å². The van der Waals surface area contributed by atoms with Crippen LogP contribution in [0.1, 0.15) is 43.5 Å². The van der Waals surface area contributed by atoms with Gasteiger partial charge in [-0.2, -0.15) is 13.2 Å². The average Bonchev–Trinajstić information content (AvgIpc) is 3.54. The number of benzene rings is 3. The first-order chi connectivity index (χ1) is 23.7. The second kappa shape index (κ2) is 14.4. The van der Waals surface area contributed by atoms with Crippen LogP contribution >= 0.6 is 0 Å². The highest BCUT2D eigenvalue weighted by Crippen LogP contribution is 2.44. The van der Waals surface area contributed by atoms with Crippen LogP contribution in [-0.4, -0.2) is 61.2 Å². The minimum atomic E-state index is -5.50. The molecular weight excluding hydrogens is 684 g/mol. The van der Waals surface area contributed by atoms with Crippen molar-refractivity contribution in [2.75, 3.05) is 23.9 Å². The van der Waals surface area contributed by atoms with Crippen molar-refractivity contribution < 1.29 is 49.8 Å². The maximum absolute atomic E-state index is 14.9. The van der Waals surface area contributed by atoms with Crippen molar-refractivity contribution in [1.29, 1.82) is 0 Å². The number of rotatable bonds is 10. The van der Waals surface area contributed by atoms with Crippen LogP contribution in [0.5, 0.6) is 5.75 Å². The number of pyridine rings is 1. The molecule has 4 aromatic rings. The number of alkyl halides is 3. The Balaban J connectivity index is 1.66. The summed E-state index contributed by atoms with van der Waals surface area (Å²) < 4.78 is 90.2. The monoisotopic (exact) mass is 716 g/mol. The smallest absolute Gasteiger partial charge is 0.491 e. The van der Waals surface area contributed by atoms with Crippen LogP contribution in [0.4, 0.5) is 23.2 Å². The van der Waals surface area contributed by atoms with E-state index in [1.54, 1.807) is 43.6 Å². The largest absolute Gasteiger partial charge is 0.491 e. The van der Waals surface area contributed by atoms with Gasteiger partial charge in [0, 0.05) is 24.3 Å². The zero-order valence-corrected chi connectivity index (χ0v) is 27.6. The van der Waals surface area contributed by atoms with Crippen molar-refractivity contribution in [2.24, 2.45) is 11.8 Å². The molecular formula is C34H32F4N4O7S. The number of anilines is 1. The Morgan fingerprint density at radius 3 is 2.48 bits per heavy atom. The molecule has 2 heterocycles. The lowest BCUT2D eigenvalue weighted by Crippen LogP contribution is -2.47. The summed E-state index contributed by atoms with van der Waals surface area (Å²) in [4.78, 5) is 44.7. The third-order valence-corrected chi connectivity index (χ3v) is 10.2. The van der Waals surface area contributed by atoms with Crippen LogP contribution in [-0.2, 0) is 29.0 Å². The van der Waals surface area contributed by atoms with E-state index in [1.165, 1.54) is 43.3 Å². The number of aromatic nitrogens is 1. The van der Waals surface area contributed by atoms with Gasteiger partial charge in [0.2, 0.25) is 0 Å². The molecule has 0 saturated carbocycles. The van der Waals surface area contributed by atoms with E-state index in [4.69, 9.17) is 10.6 Å². The van der Waals surface area contributed by atoms with E-state index in [0.717, 1.165) is 21.4 Å². The van der Waals surface area contributed by atoms with Gasteiger partial charge in [-0.25, -0.2) is 23.4 Å². The number of nitrogens with zero attached hydrogens (tertiary/aromatic N) is 3. The van der Waals surface area contributed by atoms with Crippen molar-refractivity contribution in [1.82, 2.24) is 9.88 Å². The van der Waals surface area contributed by atoms with Crippen molar-refractivity contribution in [2.45, 2.75) is 43.4 Å². The molecule has 3 aromatic carbocycles. The maximum Gasteiger partial charge on any atom is 0.491 e. The summed E-state index contributed by atoms with van der Waals surface area (Å²) in [6.45, 7) is 2.82. The van der Waals surface area contributed by atoms with Crippen molar-refractivity contribution in [3.63, 3.8) is 0 Å². The first-order valence-corrected chi connectivity index (χ1v) is 17.1. The number of halogens is 4. The molecule has 1 aromatic heterocycles. The van der Waals surface area contributed by atoms with Gasteiger partial charge in [0.15, 0.2) is 21.4 Å². The molecule has 1 aliphatic heterocycles. The number of fused-ring (bicyclic) bond motifs is 1. The molecule has 0 radical (unpaired) electrons. The molecule has 11 nitrogen and oxygen atoms in total. The Labute approximate surface area is 284 Å². The Bertz CT molecular complexity index is 2040.